The van der Waals surface area contributed by atoms with E-state index in [-0.39, 0.29) is 17.5 Å². The highest BCUT2D eigenvalue weighted by Crippen LogP contribution is 2.39. The monoisotopic (exact) mass is 430 g/mol. The van der Waals surface area contributed by atoms with E-state index in [1.165, 1.54) is 16.7 Å². The molecule has 1 aliphatic rings. The Kier molecular flexibility index (Phi) is 5.82. The number of carbonyl (C=O) groups excluding carboxylic acids is 2. The Labute approximate surface area is 185 Å². The number of aryl methyl sites for hydroxylation is 2. The molecule has 156 valence electrons. The lowest BCUT2D eigenvalue weighted by atomic mass is 10.1. The van der Waals surface area contributed by atoms with Gasteiger partial charge in [0, 0.05) is 4.90 Å². The molecule has 5 nitrogen and oxygen atoms in total. The van der Waals surface area contributed by atoms with E-state index in [1.807, 2.05) is 80.6 Å². The van der Waals surface area contributed by atoms with Crippen LogP contribution in [0.1, 0.15) is 11.1 Å². The van der Waals surface area contributed by atoms with Gasteiger partial charge in [0.25, 0.3) is 11.8 Å². The Morgan fingerprint density at radius 1 is 0.839 bits per heavy atom. The number of anilines is 2. The number of benzene rings is 3. The van der Waals surface area contributed by atoms with Crippen LogP contribution >= 0.6 is 11.8 Å². The summed E-state index contributed by atoms with van der Waals surface area (Å²) in [6, 6.07) is 22.6. The second-order valence-corrected chi connectivity index (χ2v) is 8.32. The summed E-state index contributed by atoms with van der Waals surface area (Å²) >= 11 is 1.27. The van der Waals surface area contributed by atoms with Gasteiger partial charge in [-0.25, -0.2) is 4.90 Å². The molecule has 0 spiro atoms. The Balaban J connectivity index is 1.79. The van der Waals surface area contributed by atoms with Gasteiger partial charge in [-0.2, -0.15) is 0 Å². The molecule has 0 saturated carbocycles. The zero-order valence-electron chi connectivity index (χ0n) is 17.5. The van der Waals surface area contributed by atoms with Gasteiger partial charge < -0.3 is 10.1 Å². The third-order valence-corrected chi connectivity index (χ3v) is 5.93. The van der Waals surface area contributed by atoms with Crippen LogP contribution in [0.25, 0.3) is 0 Å². The molecule has 0 fully saturated rings. The quantitative estimate of drug-likeness (QED) is 0.538. The number of rotatable bonds is 6. The Morgan fingerprint density at radius 3 is 2.16 bits per heavy atom. The van der Waals surface area contributed by atoms with Crippen molar-refractivity contribution >= 4 is 35.0 Å². The number of hydrogen-bond acceptors (Lipinski definition) is 5. The molecule has 0 bridgehead atoms. The molecule has 3 aromatic carbocycles. The standard InChI is InChI=1S/C25H22N2O3S/c1-16-13-17(2)15-18(14-16)27-24(28)22(26-20-11-7-8-12-21(20)30-3)23(25(27)29)31-19-9-5-4-6-10-19/h4-15,26H,1-3H3. The minimum absolute atomic E-state index is 0.238. The lowest BCUT2D eigenvalue weighted by molar-refractivity contribution is -0.120. The summed E-state index contributed by atoms with van der Waals surface area (Å²) in [4.78, 5) is 29.4. The van der Waals surface area contributed by atoms with Crippen molar-refractivity contribution in [1.82, 2.24) is 0 Å². The molecule has 1 heterocycles. The summed E-state index contributed by atoms with van der Waals surface area (Å²) in [5.41, 5.74) is 3.39. The number of methoxy groups -OCH3 is 1. The molecule has 2 amide bonds. The molecule has 0 aliphatic carbocycles. The van der Waals surface area contributed by atoms with Gasteiger partial charge in [0.05, 0.1) is 18.5 Å². The van der Waals surface area contributed by atoms with E-state index in [0.717, 1.165) is 16.0 Å². The number of carbonyl (C=O) groups is 2. The molecule has 4 rings (SSSR count). The normalized spacial score (nSPS) is 13.7. The van der Waals surface area contributed by atoms with Gasteiger partial charge >= 0.3 is 0 Å². The van der Waals surface area contributed by atoms with Crippen LogP contribution in [0.3, 0.4) is 0 Å². The number of hydrogen-bond donors (Lipinski definition) is 1. The fraction of sp³-hybridized carbons (Fsp3) is 0.120. The second kappa shape index (κ2) is 8.70. The number of imide groups is 1. The SMILES string of the molecule is COc1ccccc1NC1=C(Sc2ccccc2)C(=O)N(c2cc(C)cc(C)c2)C1=O. The first-order valence-electron chi connectivity index (χ1n) is 9.82. The number of thioether (sulfide) groups is 1. The van der Waals surface area contributed by atoms with E-state index in [4.69, 9.17) is 4.74 Å². The number of nitrogens with zero attached hydrogens (tertiary/aromatic N) is 1. The molecule has 31 heavy (non-hydrogen) atoms. The maximum Gasteiger partial charge on any atom is 0.283 e. The van der Waals surface area contributed by atoms with Gasteiger partial charge in [-0.1, -0.05) is 48.2 Å². The van der Waals surface area contributed by atoms with Crippen molar-refractivity contribution in [2.24, 2.45) is 0 Å². The molecule has 0 aromatic heterocycles. The van der Waals surface area contributed by atoms with Crippen LogP contribution in [-0.4, -0.2) is 18.9 Å². The molecule has 0 saturated heterocycles. The van der Waals surface area contributed by atoms with Crippen molar-refractivity contribution in [1.29, 1.82) is 0 Å². The Bertz CT molecular complexity index is 1170. The van der Waals surface area contributed by atoms with Crippen molar-refractivity contribution in [3.8, 4) is 5.75 Å². The van der Waals surface area contributed by atoms with Gasteiger partial charge in [0.2, 0.25) is 0 Å². The maximum atomic E-state index is 13.5. The molecule has 0 radical (unpaired) electrons. The Hall–Kier alpha value is -3.51. The van der Waals surface area contributed by atoms with E-state index >= 15 is 0 Å². The average Bonchev–Trinajstić information content (AvgIpc) is 2.98. The fourth-order valence-corrected chi connectivity index (χ4v) is 4.47. The predicted molar refractivity (Wildman–Crippen MR) is 124 cm³/mol. The first kappa shape index (κ1) is 20.8. The number of nitrogens with one attached hydrogen (secondary N) is 1. The molecular formula is C25H22N2O3S. The smallest absolute Gasteiger partial charge is 0.283 e. The zero-order chi connectivity index (χ0) is 22.0. The summed E-state index contributed by atoms with van der Waals surface area (Å²) in [6.45, 7) is 3.89. The molecule has 1 N–H and O–H groups in total. The van der Waals surface area contributed by atoms with Crippen molar-refractivity contribution in [3.63, 3.8) is 0 Å². The summed E-state index contributed by atoms with van der Waals surface area (Å²) in [5.74, 6) is -0.148. The van der Waals surface area contributed by atoms with Crippen LogP contribution in [0.4, 0.5) is 11.4 Å². The topological polar surface area (TPSA) is 58.6 Å². The van der Waals surface area contributed by atoms with Gasteiger partial charge in [-0.15, -0.1) is 0 Å². The first-order valence-corrected chi connectivity index (χ1v) is 10.6. The van der Waals surface area contributed by atoms with Crippen LogP contribution in [0.15, 0.2) is 88.3 Å². The average molecular weight is 431 g/mol. The lowest BCUT2D eigenvalue weighted by Gasteiger charge is -2.17. The summed E-state index contributed by atoms with van der Waals surface area (Å²) < 4.78 is 5.41. The van der Waals surface area contributed by atoms with Crippen LogP contribution in [0.2, 0.25) is 0 Å². The summed E-state index contributed by atoms with van der Waals surface area (Å²) in [7, 11) is 1.57. The van der Waals surface area contributed by atoms with E-state index < -0.39 is 0 Å². The van der Waals surface area contributed by atoms with Crippen molar-refractivity contribution < 1.29 is 14.3 Å². The maximum absolute atomic E-state index is 13.5. The van der Waals surface area contributed by atoms with Gasteiger partial charge in [-0.3, -0.25) is 9.59 Å². The van der Waals surface area contributed by atoms with E-state index in [1.54, 1.807) is 13.2 Å². The third-order valence-electron chi connectivity index (χ3n) is 4.84. The molecule has 6 heteroatoms. The van der Waals surface area contributed by atoms with Crippen LogP contribution < -0.4 is 15.0 Å². The van der Waals surface area contributed by atoms with E-state index in [9.17, 15) is 9.59 Å². The molecule has 1 aliphatic heterocycles. The molecule has 0 atom stereocenters. The number of ether oxygens (including phenoxy) is 1. The minimum atomic E-state index is -0.390. The first-order chi connectivity index (χ1) is 15.0. The number of para-hydroxylation sites is 2. The largest absolute Gasteiger partial charge is 0.495 e. The third kappa shape index (κ3) is 4.20. The van der Waals surface area contributed by atoms with Crippen molar-refractivity contribution in [2.75, 3.05) is 17.3 Å². The molecule has 3 aromatic rings. The van der Waals surface area contributed by atoms with Gasteiger partial charge in [0.1, 0.15) is 16.4 Å². The van der Waals surface area contributed by atoms with E-state index in [0.29, 0.717) is 22.0 Å². The summed E-state index contributed by atoms with van der Waals surface area (Å²) in [6.07, 6.45) is 0. The highest BCUT2D eigenvalue weighted by molar-refractivity contribution is 8.04. The van der Waals surface area contributed by atoms with Crippen molar-refractivity contribution in [2.45, 2.75) is 18.7 Å². The van der Waals surface area contributed by atoms with Crippen LogP contribution in [0, 0.1) is 13.8 Å². The molecular weight excluding hydrogens is 408 g/mol. The Morgan fingerprint density at radius 2 is 1.48 bits per heavy atom. The second-order valence-electron chi connectivity index (χ2n) is 7.24. The highest BCUT2D eigenvalue weighted by atomic mass is 32.2. The van der Waals surface area contributed by atoms with Gasteiger partial charge in [0.15, 0.2) is 0 Å². The predicted octanol–water partition coefficient (Wildman–Crippen LogP) is 5.30. The highest BCUT2D eigenvalue weighted by Gasteiger charge is 2.40. The zero-order valence-corrected chi connectivity index (χ0v) is 18.3. The summed E-state index contributed by atoms with van der Waals surface area (Å²) in [5, 5.41) is 3.16. The van der Waals surface area contributed by atoms with Crippen LogP contribution in [0.5, 0.6) is 5.75 Å². The fourth-order valence-electron chi connectivity index (χ4n) is 3.52. The van der Waals surface area contributed by atoms with Gasteiger partial charge in [-0.05, 0) is 61.4 Å². The van der Waals surface area contributed by atoms with Crippen LogP contribution in [-0.2, 0) is 9.59 Å². The van der Waals surface area contributed by atoms with E-state index in [2.05, 4.69) is 5.32 Å². The lowest BCUT2D eigenvalue weighted by Crippen LogP contribution is -2.32. The molecule has 0 unspecified atom stereocenters. The number of amides is 2. The van der Waals surface area contributed by atoms with Crippen molar-refractivity contribution in [3.05, 3.63) is 94.5 Å². The minimum Gasteiger partial charge on any atom is -0.495 e.